The summed E-state index contributed by atoms with van der Waals surface area (Å²) in [4.78, 5) is 0. The lowest BCUT2D eigenvalue weighted by Crippen LogP contribution is -2.00. The molecule has 0 unspecified atom stereocenters. The number of rotatable bonds is 7. The first-order chi connectivity index (χ1) is 9.88. The SMILES string of the molecule is N#CCc1ccc(OCCSCc2ccccc2)cc1. The lowest BCUT2D eigenvalue weighted by molar-refractivity contribution is 0.344. The Balaban J connectivity index is 1.65. The monoisotopic (exact) mass is 283 g/mol. The van der Waals surface area contributed by atoms with Crippen LogP contribution in [0.25, 0.3) is 0 Å². The predicted molar refractivity (Wildman–Crippen MR) is 83.9 cm³/mol. The molecule has 2 rings (SSSR count). The maximum absolute atomic E-state index is 8.60. The maximum atomic E-state index is 8.60. The molecule has 2 aromatic carbocycles. The summed E-state index contributed by atoms with van der Waals surface area (Å²) in [6, 6.07) is 20.3. The maximum Gasteiger partial charge on any atom is 0.119 e. The molecule has 0 saturated carbocycles. The summed E-state index contributed by atoms with van der Waals surface area (Å²) >= 11 is 1.87. The highest BCUT2D eigenvalue weighted by Gasteiger charge is 1.96. The summed E-state index contributed by atoms with van der Waals surface area (Å²) in [6.45, 7) is 0.703. The van der Waals surface area contributed by atoms with Gasteiger partial charge in [-0.05, 0) is 23.3 Å². The summed E-state index contributed by atoms with van der Waals surface area (Å²) in [5.74, 6) is 2.85. The van der Waals surface area contributed by atoms with Gasteiger partial charge >= 0.3 is 0 Å². The van der Waals surface area contributed by atoms with Crippen LogP contribution in [0.4, 0.5) is 0 Å². The second kappa shape index (κ2) is 8.29. The molecule has 2 nitrogen and oxygen atoms in total. The number of thioether (sulfide) groups is 1. The molecule has 0 spiro atoms. The highest BCUT2D eigenvalue weighted by atomic mass is 32.2. The summed E-state index contributed by atoms with van der Waals surface area (Å²) in [5.41, 5.74) is 2.37. The first-order valence-electron chi connectivity index (χ1n) is 6.59. The lowest BCUT2D eigenvalue weighted by atomic mass is 10.2. The van der Waals surface area contributed by atoms with Gasteiger partial charge < -0.3 is 4.74 Å². The van der Waals surface area contributed by atoms with Gasteiger partial charge in [0.2, 0.25) is 0 Å². The highest BCUT2D eigenvalue weighted by molar-refractivity contribution is 7.98. The molecule has 0 atom stereocenters. The molecule has 0 saturated heterocycles. The van der Waals surface area contributed by atoms with Crippen molar-refractivity contribution in [3.63, 3.8) is 0 Å². The Morgan fingerprint density at radius 2 is 1.70 bits per heavy atom. The van der Waals surface area contributed by atoms with Gasteiger partial charge in [-0.2, -0.15) is 17.0 Å². The van der Waals surface area contributed by atoms with E-state index in [0.717, 1.165) is 22.8 Å². The molecule has 0 bridgehead atoms. The van der Waals surface area contributed by atoms with E-state index < -0.39 is 0 Å². The average molecular weight is 283 g/mol. The number of benzene rings is 2. The minimum absolute atomic E-state index is 0.452. The fourth-order valence-electron chi connectivity index (χ4n) is 1.78. The van der Waals surface area contributed by atoms with Crippen LogP contribution in [0.1, 0.15) is 11.1 Å². The van der Waals surface area contributed by atoms with Gasteiger partial charge in [0.15, 0.2) is 0 Å². The fraction of sp³-hybridized carbons (Fsp3) is 0.235. The van der Waals surface area contributed by atoms with Crippen molar-refractivity contribution in [2.75, 3.05) is 12.4 Å². The van der Waals surface area contributed by atoms with E-state index in [4.69, 9.17) is 10.00 Å². The van der Waals surface area contributed by atoms with Crippen LogP contribution in [0.2, 0.25) is 0 Å². The second-order valence-corrected chi connectivity index (χ2v) is 5.47. The van der Waals surface area contributed by atoms with Crippen molar-refractivity contribution in [3.8, 4) is 11.8 Å². The van der Waals surface area contributed by atoms with E-state index in [1.165, 1.54) is 5.56 Å². The molecule has 0 N–H and O–H groups in total. The third-order valence-electron chi connectivity index (χ3n) is 2.81. The van der Waals surface area contributed by atoms with Crippen molar-refractivity contribution in [2.24, 2.45) is 0 Å². The van der Waals surface area contributed by atoms with Gasteiger partial charge in [-0.15, -0.1) is 0 Å². The van der Waals surface area contributed by atoms with E-state index in [0.29, 0.717) is 13.0 Å². The fourth-order valence-corrected chi connectivity index (χ4v) is 2.55. The van der Waals surface area contributed by atoms with Gasteiger partial charge in [-0.25, -0.2) is 0 Å². The largest absolute Gasteiger partial charge is 0.493 e. The molecule has 0 aliphatic carbocycles. The minimum atomic E-state index is 0.452. The smallest absolute Gasteiger partial charge is 0.119 e. The van der Waals surface area contributed by atoms with Crippen molar-refractivity contribution in [2.45, 2.75) is 12.2 Å². The van der Waals surface area contributed by atoms with Crippen LogP contribution in [0.15, 0.2) is 54.6 Å². The van der Waals surface area contributed by atoms with Crippen LogP contribution >= 0.6 is 11.8 Å². The van der Waals surface area contributed by atoms with Gasteiger partial charge in [0.1, 0.15) is 5.75 Å². The van der Waals surface area contributed by atoms with Crippen LogP contribution < -0.4 is 4.74 Å². The molecule has 2 aromatic rings. The lowest BCUT2D eigenvalue weighted by Gasteiger charge is -2.06. The third-order valence-corrected chi connectivity index (χ3v) is 3.81. The van der Waals surface area contributed by atoms with E-state index in [1.54, 1.807) is 0 Å². The second-order valence-electron chi connectivity index (χ2n) is 4.37. The Morgan fingerprint density at radius 3 is 2.40 bits per heavy atom. The van der Waals surface area contributed by atoms with Crippen molar-refractivity contribution < 1.29 is 4.74 Å². The predicted octanol–water partition coefficient (Wildman–Crippen LogP) is 4.06. The van der Waals surface area contributed by atoms with E-state index in [2.05, 4.69) is 30.3 Å². The molecule has 0 aliphatic rings. The Hall–Kier alpha value is -1.92. The van der Waals surface area contributed by atoms with Crippen molar-refractivity contribution >= 4 is 11.8 Å². The minimum Gasteiger partial charge on any atom is -0.493 e. The van der Waals surface area contributed by atoms with Gasteiger partial charge in [0.05, 0.1) is 19.1 Å². The van der Waals surface area contributed by atoms with E-state index in [9.17, 15) is 0 Å². The van der Waals surface area contributed by atoms with Crippen molar-refractivity contribution in [1.82, 2.24) is 0 Å². The summed E-state index contributed by atoms with van der Waals surface area (Å²) < 4.78 is 5.67. The highest BCUT2D eigenvalue weighted by Crippen LogP contribution is 2.15. The Morgan fingerprint density at radius 1 is 0.950 bits per heavy atom. The third kappa shape index (κ3) is 4.99. The summed E-state index contributed by atoms with van der Waals surface area (Å²) in [5, 5.41) is 8.60. The number of nitrogens with zero attached hydrogens (tertiary/aromatic N) is 1. The van der Waals surface area contributed by atoms with Crippen LogP contribution in [-0.4, -0.2) is 12.4 Å². The zero-order valence-electron chi connectivity index (χ0n) is 11.3. The van der Waals surface area contributed by atoms with Crippen molar-refractivity contribution in [3.05, 3.63) is 65.7 Å². The Kier molecular flexibility index (Phi) is 6.01. The molecular weight excluding hydrogens is 266 g/mol. The Labute approximate surface area is 124 Å². The van der Waals surface area contributed by atoms with Gasteiger partial charge in [-0.3, -0.25) is 0 Å². The molecule has 0 radical (unpaired) electrons. The summed E-state index contributed by atoms with van der Waals surface area (Å²) in [6.07, 6.45) is 0.452. The van der Waals surface area contributed by atoms with Gasteiger partial charge in [0.25, 0.3) is 0 Å². The molecule has 102 valence electrons. The van der Waals surface area contributed by atoms with Crippen LogP contribution in [0.3, 0.4) is 0 Å². The number of hydrogen-bond acceptors (Lipinski definition) is 3. The van der Waals surface area contributed by atoms with Gasteiger partial charge in [-0.1, -0.05) is 42.5 Å². The van der Waals surface area contributed by atoms with E-state index in [-0.39, 0.29) is 0 Å². The molecule has 3 heteroatoms. The number of nitriles is 1. The van der Waals surface area contributed by atoms with Crippen LogP contribution in [-0.2, 0) is 12.2 Å². The standard InChI is InChI=1S/C17H17NOS/c18-11-10-15-6-8-17(9-7-15)19-12-13-20-14-16-4-2-1-3-5-16/h1-9H,10,12-14H2. The van der Waals surface area contributed by atoms with E-state index >= 15 is 0 Å². The first-order valence-corrected chi connectivity index (χ1v) is 7.74. The number of hydrogen-bond donors (Lipinski definition) is 0. The van der Waals surface area contributed by atoms with Crippen LogP contribution in [0.5, 0.6) is 5.75 Å². The molecule has 0 fully saturated rings. The van der Waals surface area contributed by atoms with Gasteiger partial charge in [0, 0.05) is 11.5 Å². The van der Waals surface area contributed by atoms with Crippen molar-refractivity contribution in [1.29, 1.82) is 5.26 Å². The van der Waals surface area contributed by atoms with Crippen LogP contribution in [0, 0.1) is 11.3 Å². The molecule has 0 amide bonds. The molecule has 0 aromatic heterocycles. The van der Waals surface area contributed by atoms with E-state index in [1.807, 2.05) is 42.1 Å². The topological polar surface area (TPSA) is 33.0 Å². The normalized spacial score (nSPS) is 9.95. The molecule has 0 aliphatic heterocycles. The number of ether oxygens (including phenoxy) is 1. The summed E-state index contributed by atoms with van der Waals surface area (Å²) in [7, 11) is 0. The zero-order chi connectivity index (χ0) is 14.0. The molecular formula is C17H17NOS. The first kappa shape index (κ1) is 14.5. The molecule has 0 heterocycles. The molecule has 20 heavy (non-hydrogen) atoms. The average Bonchev–Trinajstić information content (AvgIpc) is 2.50. The Bertz CT molecular complexity index is 545. The zero-order valence-corrected chi connectivity index (χ0v) is 12.1. The quantitative estimate of drug-likeness (QED) is 0.718.